The van der Waals surface area contributed by atoms with Crippen LogP contribution in [0.5, 0.6) is 46.0 Å². The summed E-state index contributed by atoms with van der Waals surface area (Å²) in [4.78, 5) is 21.7. The highest BCUT2D eigenvalue weighted by molar-refractivity contribution is 5.97. The van der Waals surface area contributed by atoms with Crippen molar-refractivity contribution in [3.8, 4) is 57.1 Å². The number of ketones is 2. The summed E-state index contributed by atoms with van der Waals surface area (Å²) in [5, 5.41) is 0. The van der Waals surface area contributed by atoms with Crippen molar-refractivity contribution in [1.82, 2.24) is 0 Å². The molecule has 0 bridgehead atoms. The van der Waals surface area contributed by atoms with E-state index in [0.29, 0.717) is 11.1 Å². The van der Waals surface area contributed by atoms with Gasteiger partial charge >= 0.3 is 0 Å². The van der Waals surface area contributed by atoms with E-state index in [9.17, 15) is 9.59 Å². The van der Waals surface area contributed by atoms with Gasteiger partial charge in [-0.15, -0.1) is 0 Å². The molecule has 0 saturated heterocycles. The maximum absolute atomic E-state index is 10.8. The van der Waals surface area contributed by atoms with E-state index in [0.717, 1.165) is 46.0 Å². The Morgan fingerprint density at radius 2 is 0.473 bits per heavy atom. The molecule has 0 saturated carbocycles. The van der Waals surface area contributed by atoms with Crippen molar-refractivity contribution >= 4 is 11.6 Å². The summed E-state index contributed by atoms with van der Waals surface area (Å²) < 4.78 is 36.0. The number of hydrogen-bond acceptors (Lipinski definition) is 9. The summed E-state index contributed by atoms with van der Waals surface area (Å²) in [6.45, 7) is 3.01. The van der Waals surface area contributed by atoms with Gasteiger partial charge in [-0.25, -0.2) is 0 Å². The molecule has 6 aromatic carbocycles. The Labute approximate surface area is 324 Å². The second-order valence-electron chi connectivity index (χ2n) is 11.5. The van der Waals surface area contributed by atoms with Crippen LogP contribution < -0.4 is 33.2 Å². The molecule has 0 amide bonds. The fourth-order valence-corrected chi connectivity index (χ4v) is 4.64. The molecule has 0 fully saturated rings. The Morgan fingerprint density at radius 3 is 0.655 bits per heavy atom. The molecule has 0 atom stereocenters. The Balaban J connectivity index is 0.000000201. The number of carbonyl (C=O) groups is 2. The lowest BCUT2D eigenvalue weighted by atomic mass is 10.1. The second-order valence-corrected chi connectivity index (χ2v) is 11.5. The topological polar surface area (TPSA) is 98.8 Å². The van der Waals surface area contributed by atoms with Gasteiger partial charge in [0.2, 0.25) is 0 Å². The van der Waals surface area contributed by atoms with E-state index < -0.39 is 0 Å². The van der Waals surface area contributed by atoms with Crippen LogP contribution in [0.3, 0.4) is 0 Å². The van der Waals surface area contributed by atoms with Crippen LogP contribution in [0, 0.1) is 0 Å². The average molecular weight is 745 g/mol. The molecule has 0 unspecified atom stereocenters. The van der Waals surface area contributed by atoms with E-state index in [2.05, 4.69) is 0 Å². The molecule has 0 aliphatic carbocycles. The first-order chi connectivity index (χ1) is 26.6. The fraction of sp³-hybridized carbons (Fsp3) is 0.174. The highest BCUT2D eigenvalue weighted by Crippen LogP contribution is 2.26. The first-order valence-electron chi connectivity index (χ1n) is 17.2. The van der Waals surface area contributed by atoms with Gasteiger partial charge in [-0.2, -0.15) is 0 Å². The molecule has 0 aromatic heterocycles. The minimum absolute atomic E-state index is 0.0186. The van der Waals surface area contributed by atoms with Crippen molar-refractivity contribution in [2.45, 2.75) is 13.8 Å². The molecule has 55 heavy (non-hydrogen) atoms. The maximum Gasteiger partial charge on any atom is 0.159 e. The van der Waals surface area contributed by atoms with Crippen molar-refractivity contribution in [3.63, 3.8) is 0 Å². The molecule has 0 aliphatic heterocycles. The van der Waals surface area contributed by atoms with Gasteiger partial charge in [-0.05, 0) is 122 Å². The molecule has 0 radical (unpaired) electrons. The zero-order valence-corrected chi connectivity index (χ0v) is 32.5. The number of methoxy groups -OCH3 is 6. The summed E-state index contributed by atoms with van der Waals surface area (Å²) in [5.74, 6) is 6.65. The minimum Gasteiger partial charge on any atom is -0.497 e. The van der Waals surface area contributed by atoms with E-state index in [-0.39, 0.29) is 11.6 Å². The molecule has 6 aromatic rings. The van der Waals surface area contributed by atoms with Crippen LogP contribution in [0.25, 0.3) is 11.1 Å². The monoisotopic (exact) mass is 744 g/mol. The molecule has 286 valence electrons. The summed E-state index contributed by atoms with van der Waals surface area (Å²) >= 11 is 0. The third kappa shape index (κ3) is 14.7. The van der Waals surface area contributed by atoms with Crippen molar-refractivity contribution in [1.29, 1.82) is 0 Å². The van der Waals surface area contributed by atoms with Gasteiger partial charge in [-0.3, -0.25) is 9.59 Å². The lowest BCUT2D eigenvalue weighted by Crippen LogP contribution is -1.95. The molecule has 6 rings (SSSR count). The van der Waals surface area contributed by atoms with Crippen molar-refractivity contribution in [2.75, 3.05) is 42.7 Å². The molecule has 0 heterocycles. The zero-order chi connectivity index (χ0) is 40.0. The van der Waals surface area contributed by atoms with Crippen LogP contribution in [0.1, 0.15) is 34.6 Å². The van der Waals surface area contributed by atoms with Gasteiger partial charge in [0, 0.05) is 11.1 Å². The van der Waals surface area contributed by atoms with Crippen LogP contribution >= 0.6 is 0 Å². The molecule has 0 N–H and O–H groups in total. The molecular formula is C46H48O9. The normalized spacial score (nSPS) is 9.60. The van der Waals surface area contributed by atoms with E-state index in [1.807, 2.05) is 121 Å². The van der Waals surface area contributed by atoms with Crippen LogP contribution in [0.4, 0.5) is 0 Å². The van der Waals surface area contributed by atoms with Gasteiger partial charge in [0.25, 0.3) is 0 Å². The van der Waals surface area contributed by atoms with Crippen molar-refractivity contribution in [3.05, 3.63) is 157 Å². The Kier molecular flexibility index (Phi) is 17.9. The second kappa shape index (κ2) is 23.0. The molecule has 0 spiro atoms. The lowest BCUT2D eigenvalue weighted by Gasteiger charge is -2.07. The maximum atomic E-state index is 10.8. The molecule has 9 nitrogen and oxygen atoms in total. The van der Waals surface area contributed by atoms with Gasteiger partial charge < -0.3 is 33.2 Å². The van der Waals surface area contributed by atoms with Gasteiger partial charge in [0.05, 0.1) is 42.7 Å². The van der Waals surface area contributed by atoms with Crippen LogP contribution in [-0.4, -0.2) is 54.2 Å². The van der Waals surface area contributed by atoms with Crippen molar-refractivity contribution in [2.24, 2.45) is 0 Å². The summed E-state index contributed by atoms with van der Waals surface area (Å²) in [6, 6.07) is 45.0. The summed E-state index contributed by atoms with van der Waals surface area (Å²) in [6.07, 6.45) is 0. The first kappa shape index (κ1) is 42.7. The minimum atomic E-state index is 0.0186. The third-order valence-electron chi connectivity index (χ3n) is 7.86. The largest absolute Gasteiger partial charge is 0.497 e. The number of benzene rings is 6. The van der Waals surface area contributed by atoms with E-state index in [4.69, 9.17) is 33.2 Å². The quantitative estimate of drug-likeness (QED) is 0.120. The lowest BCUT2D eigenvalue weighted by molar-refractivity contribution is 0.100. The molecule has 0 aliphatic rings. The number of hydrogen-bond donors (Lipinski definition) is 0. The predicted molar refractivity (Wildman–Crippen MR) is 217 cm³/mol. The first-order valence-corrected chi connectivity index (χ1v) is 17.2. The van der Waals surface area contributed by atoms with Gasteiger partial charge in [-0.1, -0.05) is 48.5 Å². The predicted octanol–water partition coefficient (Wildman–Crippen LogP) is 10.7. The van der Waals surface area contributed by atoms with Gasteiger partial charge in [0.1, 0.15) is 46.0 Å². The van der Waals surface area contributed by atoms with Crippen LogP contribution in [0.2, 0.25) is 0 Å². The van der Waals surface area contributed by atoms with E-state index >= 15 is 0 Å². The molecular weight excluding hydrogens is 696 g/mol. The Morgan fingerprint density at radius 1 is 0.291 bits per heavy atom. The van der Waals surface area contributed by atoms with E-state index in [1.165, 1.54) is 25.0 Å². The fourth-order valence-electron chi connectivity index (χ4n) is 4.64. The smallest absolute Gasteiger partial charge is 0.159 e. The van der Waals surface area contributed by atoms with Gasteiger partial charge in [0.15, 0.2) is 11.6 Å². The molecule has 9 heteroatoms. The zero-order valence-electron chi connectivity index (χ0n) is 32.5. The summed E-state index contributed by atoms with van der Waals surface area (Å²) in [5.41, 5.74) is 3.62. The number of ether oxygens (including phenoxy) is 7. The van der Waals surface area contributed by atoms with Crippen molar-refractivity contribution < 1.29 is 42.7 Å². The highest BCUT2D eigenvalue weighted by atomic mass is 16.5. The summed E-state index contributed by atoms with van der Waals surface area (Å²) in [7, 11) is 9.90. The van der Waals surface area contributed by atoms with E-state index in [1.54, 1.807) is 66.9 Å². The Hall–Kier alpha value is -6.74. The standard InChI is InChI=1S/C14H14O3.C14H14O2.C10H10O2.C8H10O2/c1-15-11-3-7-13(8-4-11)17-14-9-5-12(16-2)6-10-14;1-15-13-7-3-11(4-8-13)12-5-9-14(16-2)10-6-12;1-7(11)9-3-5-10(6-4-9)8(2)12;1-9-7-3-5-8(10-2)6-4-7/h3-10H,1-2H3;3-10H,1-2H3;3-6H,1-2H3;3-6H,1-2H3. The number of carbonyl (C=O) groups excluding carboxylic acids is 2. The average Bonchev–Trinajstić information content (AvgIpc) is 3.25. The van der Waals surface area contributed by atoms with Crippen LogP contribution in [0.15, 0.2) is 146 Å². The number of rotatable bonds is 11. The SMILES string of the molecule is CC(=O)c1ccc(C(C)=O)cc1.COc1ccc(-c2ccc(OC)cc2)cc1.COc1ccc(OC)cc1.COc1ccc(Oc2ccc(OC)cc2)cc1. The number of Topliss-reactive ketones (excluding diaryl/α,β-unsaturated/α-hetero) is 2. The Bertz CT molecular complexity index is 1840. The highest BCUT2D eigenvalue weighted by Gasteiger charge is 2.02. The van der Waals surface area contributed by atoms with Crippen LogP contribution in [-0.2, 0) is 0 Å². The third-order valence-corrected chi connectivity index (χ3v) is 7.86.